The number of hydrogen-bond acceptors (Lipinski definition) is 6. The number of rotatable bonds is 4. The first-order valence-electron chi connectivity index (χ1n) is 8.76. The van der Waals surface area contributed by atoms with E-state index in [1.165, 1.54) is 18.2 Å². The molecule has 2 aromatic carbocycles. The Morgan fingerprint density at radius 1 is 1.10 bits per heavy atom. The number of anilines is 1. The van der Waals surface area contributed by atoms with Crippen LogP contribution in [0, 0.1) is 11.3 Å². The summed E-state index contributed by atoms with van der Waals surface area (Å²) in [6.45, 7) is 1.87. The minimum atomic E-state index is -4.46. The highest BCUT2D eigenvalue weighted by atomic mass is 19.4. The monoisotopic (exact) mass is 404 g/mol. The van der Waals surface area contributed by atoms with Crippen molar-refractivity contribution in [2.45, 2.75) is 31.7 Å². The van der Waals surface area contributed by atoms with Crippen molar-refractivity contribution in [1.29, 1.82) is 5.26 Å². The van der Waals surface area contributed by atoms with Crippen molar-refractivity contribution in [3.63, 3.8) is 0 Å². The topological polar surface area (TPSA) is 91.6 Å². The van der Waals surface area contributed by atoms with Gasteiger partial charge >= 0.3 is 6.18 Å². The van der Waals surface area contributed by atoms with Gasteiger partial charge < -0.3 is 20.8 Å². The lowest BCUT2D eigenvalue weighted by molar-refractivity contribution is -0.137. The van der Waals surface area contributed by atoms with E-state index in [0.717, 1.165) is 22.6 Å². The molecule has 0 bridgehead atoms. The Bertz CT molecular complexity index is 921. The number of alkyl halides is 3. The van der Waals surface area contributed by atoms with Crippen LogP contribution >= 0.6 is 0 Å². The van der Waals surface area contributed by atoms with Crippen LogP contribution < -0.4 is 15.5 Å². The first-order valence-corrected chi connectivity index (χ1v) is 8.76. The van der Waals surface area contributed by atoms with E-state index < -0.39 is 24.3 Å². The highest BCUT2D eigenvalue weighted by Crippen LogP contribution is 2.31. The fourth-order valence-electron chi connectivity index (χ4n) is 3.00. The minimum Gasteiger partial charge on any atom is -0.370 e. The van der Waals surface area contributed by atoms with E-state index in [-0.39, 0.29) is 11.7 Å². The second-order valence-corrected chi connectivity index (χ2v) is 6.56. The number of benzene rings is 2. The van der Waals surface area contributed by atoms with Gasteiger partial charge in [0.1, 0.15) is 5.82 Å². The van der Waals surface area contributed by atoms with Gasteiger partial charge in [0.15, 0.2) is 6.23 Å². The van der Waals surface area contributed by atoms with Crippen molar-refractivity contribution in [2.24, 2.45) is 0 Å². The molecule has 0 fully saturated rings. The van der Waals surface area contributed by atoms with Crippen molar-refractivity contribution >= 4 is 5.69 Å². The summed E-state index contributed by atoms with van der Waals surface area (Å²) in [7, 11) is 0. The second kappa shape index (κ2) is 8.03. The second-order valence-electron chi connectivity index (χ2n) is 6.56. The van der Waals surface area contributed by atoms with E-state index in [1.54, 1.807) is 24.3 Å². The number of nitrogens with zero attached hydrogens (tertiary/aromatic N) is 2. The van der Waals surface area contributed by atoms with Crippen LogP contribution in [0.25, 0.3) is 0 Å². The van der Waals surface area contributed by atoms with E-state index in [9.17, 15) is 23.4 Å². The third-order valence-electron chi connectivity index (χ3n) is 4.55. The maximum Gasteiger partial charge on any atom is 0.416 e. The van der Waals surface area contributed by atoms with Gasteiger partial charge in [0.2, 0.25) is 6.35 Å². The van der Waals surface area contributed by atoms with Gasteiger partial charge in [0, 0.05) is 17.8 Å². The molecule has 0 aromatic heterocycles. The van der Waals surface area contributed by atoms with Crippen molar-refractivity contribution < 1.29 is 23.4 Å². The van der Waals surface area contributed by atoms with Crippen LogP contribution in [0.4, 0.5) is 18.9 Å². The van der Waals surface area contributed by atoms with E-state index in [0.29, 0.717) is 11.4 Å². The third kappa shape index (κ3) is 4.62. The summed E-state index contributed by atoms with van der Waals surface area (Å²) in [5, 5.41) is 35.5. The van der Waals surface area contributed by atoms with Crippen molar-refractivity contribution in [3.8, 4) is 6.07 Å². The molecule has 0 saturated heterocycles. The van der Waals surface area contributed by atoms with Gasteiger partial charge in [-0.15, -0.1) is 0 Å². The molecule has 6 nitrogen and oxygen atoms in total. The molecular formula is C20H19F3N4O2. The van der Waals surface area contributed by atoms with Crippen LogP contribution in [0.15, 0.2) is 60.4 Å². The number of nitriles is 1. The van der Waals surface area contributed by atoms with Crippen LogP contribution in [-0.4, -0.2) is 22.8 Å². The Kier molecular flexibility index (Phi) is 5.68. The predicted octanol–water partition coefficient (Wildman–Crippen LogP) is 2.77. The van der Waals surface area contributed by atoms with Crippen LogP contribution in [0.1, 0.15) is 29.7 Å². The number of halogens is 3. The molecule has 1 heterocycles. The SMILES string of the molecule is C[C@H](NC1=C[C@H](O)N(c2ccc(C(F)(F)F)cc2)[C@@H](O)N1)c1ccc(C#N)cc1. The average Bonchev–Trinajstić information content (AvgIpc) is 2.67. The van der Waals surface area contributed by atoms with Gasteiger partial charge in [-0.25, -0.2) is 0 Å². The zero-order valence-corrected chi connectivity index (χ0v) is 15.4. The third-order valence-corrected chi connectivity index (χ3v) is 4.55. The molecule has 0 amide bonds. The Balaban J connectivity index is 1.72. The average molecular weight is 404 g/mol. The lowest BCUT2D eigenvalue weighted by Gasteiger charge is -2.39. The fourth-order valence-corrected chi connectivity index (χ4v) is 3.00. The molecule has 9 heteroatoms. The number of aliphatic hydroxyl groups is 2. The zero-order valence-electron chi connectivity index (χ0n) is 15.4. The molecule has 0 spiro atoms. The van der Waals surface area contributed by atoms with Crippen molar-refractivity contribution in [3.05, 3.63) is 77.1 Å². The molecule has 0 saturated carbocycles. The molecule has 29 heavy (non-hydrogen) atoms. The molecule has 1 aliphatic heterocycles. The highest BCUT2D eigenvalue weighted by molar-refractivity contribution is 5.50. The first kappa shape index (κ1) is 20.5. The van der Waals surface area contributed by atoms with Gasteiger partial charge in [0.05, 0.1) is 17.2 Å². The van der Waals surface area contributed by atoms with Crippen molar-refractivity contribution in [2.75, 3.05) is 4.90 Å². The smallest absolute Gasteiger partial charge is 0.370 e. The molecular weight excluding hydrogens is 385 g/mol. The first-order chi connectivity index (χ1) is 13.7. The zero-order chi connectivity index (χ0) is 21.2. The Morgan fingerprint density at radius 3 is 2.24 bits per heavy atom. The van der Waals surface area contributed by atoms with E-state index in [2.05, 4.69) is 10.6 Å². The molecule has 3 atom stereocenters. The summed E-state index contributed by atoms with van der Waals surface area (Å²) in [5.74, 6) is 0.366. The van der Waals surface area contributed by atoms with Crippen LogP contribution in [0.5, 0.6) is 0 Å². The van der Waals surface area contributed by atoms with E-state index >= 15 is 0 Å². The molecule has 2 aromatic rings. The maximum atomic E-state index is 12.7. The molecule has 0 aliphatic carbocycles. The minimum absolute atomic E-state index is 0.196. The van der Waals surface area contributed by atoms with Gasteiger partial charge in [-0.05, 0) is 48.9 Å². The summed E-state index contributed by atoms with van der Waals surface area (Å²) >= 11 is 0. The maximum absolute atomic E-state index is 12.7. The highest BCUT2D eigenvalue weighted by Gasteiger charge is 2.32. The molecule has 1 aliphatic rings. The summed E-state index contributed by atoms with van der Waals surface area (Å²) in [5.41, 5.74) is 0.833. The van der Waals surface area contributed by atoms with Gasteiger partial charge in [-0.3, -0.25) is 4.90 Å². The largest absolute Gasteiger partial charge is 0.416 e. The number of hydrogen-bond donors (Lipinski definition) is 4. The molecule has 0 radical (unpaired) electrons. The van der Waals surface area contributed by atoms with Crippen LogP contribution in [0.3, 0.4) is 0 Å². The Morgan fingerprint density at radius 2 is 1.72 bits per heavy atom. The fraction of sp³-hybridized carbons (Fsp3) is 0.250. The molecule has 0 unspecified atom stereocenters. The lowest BCUT2D eigenvalue weighted by Crippen LogP contribution is -2.56. The summed E-state index contributed by atoms with van der Waals surface area (Å²) in [4.78, 5) is 1.14. The quantitative estimate of drug-likeness (QED) is 0.627. The Hall–Kier alpha value is -3.22. The van der Waals surface area contributed by atoms with Crippen LogP contribution in [-0.2, 0) is 6.18 Å². The van der Waals surface area contributed by atoms with Gasteiger partial charge in [-0.2, -0.15) is 18.4 Å². The standard InChI is InChI=1S/C20H19F3N4O2/c1-12(14-4-2-13(11-24)3-5-14)25-17-10-18(28)27(19(29)26-17)16-8-6-15(7-9-16)20(21,22)23/h2-10,12,18-19,25-26,28-29H,1H3/t12-,18-,19-/m0/s1. The predicted molar refractivity (Wildman–Crippen MR) is 99.9 cm³/mol. The number of aliphatic hydroxyl groups excluding tert-OH is 2. The summed E-state index contributed by atoms with van der Waals surface area (Å²) in [6, 6.07) is 12.9. The summed E-state index contributed by atoms with van der Waals surface area (Å²) < 4.78 is 38.1. The lowest BCUT2D eigenvalue weighted by atomic mass is 10.1. The number of nitrogens with one attached hydrogen (secondary N) is 2. The van der Waals surface area contributed by atoms with E-state index in [4.69, 9.17) is 5.26 Å². The van der Waals surface area contributed by atoms with Gasteiger partial charge in [0.25, 0.3) is 0 Å². The summed E-state index contributed by atoms with van der Waals surface area (Å²) in [6.07, 6.45) is -5.68. The van der Waals surface area contributed by atoms with E-state index in [1.807, 2.05) is 13.0 Å². The molecule has 152 valence electrons. The van der Waals surface area contributed by atoms with Gasteiger partial charge in [-0.1, -0.05) is 12.1 Å². The van der Waals surface area contributed by atoms with Crippen LogP contribution in [0.2, 0.25) is 0 Å². The molecule has 3 rings (SSSR count). The normalized spacial score (nSPS) is 20.3. The molecule has 4 N–H and O–H groups in total. The Labute approximate surface area is 165 Å². The van der Waals surface area contributed by atoms with Crippen molar-refractivity contribution in [1.82, 2.24) is 10.6 Å².